The first-order valence-corrected chi connectivity index (χ1v) is 8.57. The summed E-state index contributed by atoms with van der Waals surface area (Å²) in [6.07, 6.45) is 5.13. The lowest BCUT2D eigenvalue weighted by Gasteiger charge is -2.31. The second-order valence-corrected chi connectivity index (χ2v) is 6.56. The Bertz CT molecular complexity index is 836. The van der Waals surface area contributed by atoms with Gasteiger partial charge < -0.3 is 9.47 Å². The summed E-state index contributed by atoms with van der Waals surface area (Å²) in [7, 11) is 0. The number of aromatic nitrogens is 1. The molecule has 0 radical (unpaired) electrons. The zero-order valence-electron chi connectivity index (χ0n) is 13.9. The molecule has 0 spiro atoms. The van der Waals surface area contributed by atoms with Gasteiger partial charge >= 0.3 is 6.03 Å². The van der Waals surface area contributed by atoms with Crippen molar-refractivity contribution in [2.24, 2.45) is 0 Å². The van der Waals surface area contributed by atoms with E-state index in [0.29, 0.717) is 19.0 Å². The standard InChI is InChI=1S/C18H20N4O3/c23-12-20-8-4-13(5-9-20)21-10-6-14-15(21)2-1-3-16(14)22-11-7-17(24)19-18(22)25/h1-3,6,10,12-13H,4-5,7-9,11H2,(H,19,24,25). The minimum absolute atomic E-state index is 0.229. The number of fused-ring (bicyclic) bond motifs is 1. The molecule has 4 rings (SSSR count). The third kappa shape index (κ3) is 2.75. The molecule has 2 fully saturated rings. The van der Waals surface area contributed by atoms with Gasteiger partial charge in [-0.3, -0.25) is 19.8 Å². The Labute approximate surface area is 145 Å². The number of carbonyl (C=O) groups excluding carboxylic acids is 3. The van der Waals surface area contributed by atoms with E-state index in [1.54, 1.807) is 4.90 Å². The molecule has 0 aliphatic carbocycles. The predicted octanol–water partition coefficient (Wildman–Crippen LogP) is 1.88. The Kier molecular flexibility index (Phi) is 3.91. The number of amides is 4. The van der Waals surface area contributed by atoms with Gasteiger partial charge in [-0.25, -0.2) is 4.79 Å². The topological polar surface area (TPSA) is 74.7 Å². The lowest BCUT2D eigenvalue weighted by atomic mass is 10.1. The van der Waals surface area contributed by atoms with E-state index >= 15 is 0 Å². The molecule has 7 nitrogen and oxygen atoms in total. The maximum Gasteiger partial charge on any atom is 0.328 e. The van der Waals surface area contributed by atoms with Crippen molar-refractivity contribution in [1.82, 2.24) is 14.8 Å². The van der Waals surface area contributed by atoms with Crippen LogP contribution >= 0.6 is 0 Å². The predicted molar refractivity (Wildman–Crippen MR) is 93.3 cm³/mol. The first-order valence-electron chi connectivity index (χ1n) is 8.57. The van der Waals surface area contributed by atoms with Crippen LogP contribution in [0.3, 0.4) is 0 Å². The fourth-order valence-electron chi connectivity index (χ4n) is 3.79. The van der Waals surface area contributed by atoms with Crippen LogP contribution in [-0.2, 0) is 9.59 Å². The minimum Gasteiger partial charge on any atom is -0.345 e. The van der Waals surface area contributed by atoms with E-state index in [-0.39, 0.29) is 11.9 Å². The maximum absolute atomic E-state index is 12.2. The summed E-state index contributed by atoms with van der Waals surface area (Å²) in [5.41, 5.74) is 1.90. The Morgan fingerprint density at radius 1 is 1.08 bits per heavy atom. The molecular formula is C18H20N4O3. The Balaban J connectivity index is 1.66. The number of anilines is 1. The van der Waals surface area contributed by atoms with E-state index in [0.717, 1.165) is 48.9 Å². The quantitative estimate of drug-likeness (QED) is 0.867. The van der Waals surface area contributed by atoms with E-state index in [2.05, 4.69) is 22.1 Å². The molecule has 2 aliphatic rings. The third-order valence-electron chi connectivity index (χ3n) is 5.13. The van der Waals surface area contributed by atoms with Crippen LogP contribution < -0.4 is 10.2 Å². The highest BCUT2D eigenvalue weighted by Crippen LogP contribution is 2.33. The number of hydrogen-bond donors (Lipinski definition) is 1. The van der Waals surface area contributed by atoms with Crippen LogP contribution in [0.5, 0.6) is 0 Å². The van der Waals surface area contributed by atoms with Crippen molar-refractivity contribution in [3.05, 3.63) is 30.5 Å². The molecule has 4 amide bonds. The number of likely N-dealkylation sites (tertiary alicyclic amines) is 1. The number of piperidine rings is 1. The molecule has 2 aliphatic heterocycles. The van der Waals surface area contributed by atoms with Gasteiger partial charge in [0, 0.05) is 43.7 Å². The van der Waals surface area contributed by atoms with E-state index in [9.17, 15) is 14.4 Å². The van der Waals surface area contributed by atoms with Crippen LogP contribution in [0.4, 0.5) is 10.5 Å². The van der Waals surface area contributed by atoms with Crippen molar-refractivity contribution in [2.45, 2.75) is 25.3 Å². The van der Waals surface area contributed by atoms with Gasteiger partial charge in [0.1, 0.15) is 0 Å². The smallest absolute Gasteiger partial charge is 0.328 e. The largest absolute Gasteiger partial charge is 0.345 e. The Morgan fingerprint density at radius 2 is 1.88 bits per heavy atom. The molecule has 1 aromatic carbocycles. The van der Waals surface area contributed by atoms with Crippen molar-refractivity contribution >= 4 is 34.9 Å². The summed E-state index contributed by atoms with van der Waals surface area (Å²) in [6.45, 7) is 1.93. The molecule has 0 atom stereocenters. The molecule has 3 heterocycles. The fourth-order valence-corrected chi connectivity index (χ4v) is 3.79. The van der Waals surface area contributed by atoms with E-state index in [4.69, 9.17) is 0 Å². The molecule has 130 valence electrons. The van der Waals surface area contributed by atoms with Crippen molar-refractivity contribution in [3.8, 4) is 0 Å². The molecule has 1 aromatic heterocycles. The summed E-state index contributed by atoms with van der Waals surface area (Å²) < 4.78 is 2.24. The Hall–Kier alpha value is -2.83. The number of urea groups is 1. The zero-order valence-corrected chi connectivity index (χ0v) is 13.9. The summed E-state index contributed by atoms with van der Waals surface area (Å²) >= 11 is 0. The second-order valence-electron chi connectivity index (χ2n) is 6.56. The summed E-state index contributed by atoms with van der Waals surface area (Å²) in [5, 5.41) is 3.38. The summed E-state index contributed by atoms with van der Waals surface area (Å²) in [6, 6.07) is 7.92. The third-order valence-corrected chi connectivity index (χ3v) is 5.13. The van der Waals surface area contributed by atoms with Gasteiger partial charge in [0.15, 0.2) is 0 Å². The van der Waals surface area contributed by atoms with Crippen LogP contribution in [0, 0.1) is 0 Å². The molecular weight excluding hydrogens is 320 g/mol. The van der Waals surface area contributed by atoms with Crippen LogP contribution in [0.15, 0.2) is 30.5 Å². The fraction of sp³-hybridized carbons (Fsp3) is 0.389. The molecule has 0 saturated carbocycles. The van der Waals surface area contributed by atoms with Gasteiger partial charge in [-0.15, -0.1) is 0 Å². The number of rotatable bonds is 3. The molecule has 0 unspecified atom stereocenters. The average Bonchev–Trinajstić information content (AvgIpc) is 3.06. The number of imide groups is 1. The number of hydrogen-bond acceptors (Lipinski definition) is 3. The highest BCUT2D eigenvalue weighted by molar-refractivity contribution is 6.09. The normalized spacial score (nSPS) is 19.4. The molecule has 7 heteroatoms. The lowest BCUT2D eigenvalue weighted by Crippen LogP contribution is -2.49. The molecule has 1 N–H and O–H groups in total. The summed E-state index contributed by atoms with van der Waals surface area (Å²) in [4.78, 5) is 37.9. The molecule has 2 saturated heterocycles. The van der Waals surface area contributed by atoms with Gasteiger partial charge in [-0.05, 0) is 31.0 Å². The second kappa shape index (κ2) is 6.23. The Morgan fingerprint density at radius 3 is 2.60 bits per heavy atom. The monoisotopic (exact) mass is 340 g/mol. The average molecular weight is 340 g/mol. The zero-order chi connectivity index (χ0) is 17.4. The first kappa shape index (κ1) is 15.7. The van der Waals surface area contributed by atoms with Gasteiger partial charge in [0.2, 0.25) is 12.3 Å². The van der Waals surface area contributed by atoms with Crippen molar-refractivity contribution < 1.29 is 14.4 Å². The van der Waals surface area contributed by atoms with Gasteiger partial charge in [-0.2, -0.15) is 0 Å². The lowest BCUT2D eigenvalue weighted by molar-refractivity contribution is -0.120. The van der Waals surface area contributed by atoms with E-state index < -0.39 is 0 Å². The van der Waals surface area contributed by atoms with Crippen LogP contribution in [0.25, 0.3) is 10.9 Å². The molecule has 25 heavy (non-hydrogen) atoms. The molecule has 2 aromatic rings. The van der Waals surface area contributed by atoms with Gasteiger partial charge in [0.05, 0.1) is 11.2 Å². The van der Waals surface area contributed by atoms with Crippen molar-refractivity contribution in [2.75, 3.05) is 24.5 Å². The van der Waals surface area contributed by atoms with Gasteiger partial charge in [0.25, 0.3) is 0 Å². The number of carbonyl (C=O) groups is 3. The molecule has 0 bridgehead atoms. The maximum atomic E-state index is 12.2. The van der Waals surface area contributed by atoms with Crippen molar-refractivity contribution in [3.63, 3.8) is 0 Å². The van der Waals surface area contributed by atoms with E-state index in [1.165, 1.54) is 0 Å². The number of nitrogens with zero attached hydrogens (tertiary/aromatic N) is 3. The van der Waals surface area contributed by atoms with E-state index in [1.807, 2.05) is 23.1 Å². The minimum atomic E-state index is -0.365. The first-order chi connectivity index (χ1) is 12.2. The van der Waals surface area contributed by atoms with Gasteiger partial charge in [-0.1, -0.05) is 6.07 Å². The SMILES string of the molecule is O=CN1CCC(n2ccc3c(N4CCC(=O)NC4=O)cccc32)CC1. The summed E-state index contributed by atoms with van der Waals surface area (Å²) in [5.74, 6) is -0.229. The van der Waals surface area contributed by atoms with Crippen LogP contribution in [-0.4, -0.2) is 47.4 Å². The van der Waals surface area contributed by atoms with Crippen LogP contribution in [0.1, 0.15) is 25.3 Å². The number of nitrogens with one attached hydrogen (secondary N) is 1. The highest BCUT2D eigenvalue weighted by Gasteiger charge is 2.27. The highest BCUT2D eigenvalue weighted by atomic mass is 16.2. The van der Waals surface area contributed by atoms with Crippen molar-refractivity contribution in [1.29, 1.82) is 0 Å². The van der Waals surface area contributed by atoms with Crippen LogP contribution in [0.2, 0.25) is 0 Å². The number of benzene rings is 1.